The lowest BCUT2D eigenvalue weighted by atomic mass is 10.1. The van der Waals surface area contributed by atoms with E-state index in [1.165, 1.54) is 0 Å². The highest BCUT2D eigenvalue weighted by Crippen LogP contribution is 2.24. The SMILES string of the molecule is CCOc1ccccc1C=CC(=O)N1CCOC(c2ccc(Cl)cc2)C1. The summed E-state index contributed by atoms with van der Waals surface area (Å²) >= 11 is 5.94. The van der Waals surface area contributed by atoms with Crippen LogP contribution in [0.1, 0.15) is 24.2 Å². The van der Waals surface area contributed by atoms with E-state index in [9.17, 15) is 4.79 Å². The molecule has 0 N–H and O–H groups in total. The van der Waals surface area contributed by atoms with Crippen LogP contribution < -0.4 is 4.74 Å². The molecule has 2 aromatic carbocycles. The molecule has 0 aromatic heterocycles. The third kappa shape index (κ3) is 4.65. The predicted octanol–water partition coefficient (Wildman–Crippen LogP) is 4.35. The number of carbonyl (C=O) groups is 1. The molecule has 1 fully saturated rings. The summed E-state index contributed by atoms with van der Waals surface area (Å²) in [5.41, 5.74) is 1.92. The van der Waals surface area contributed by atoms with E-state index in [-0.39, 0.29) is 12.0 Å². The predicted molar refractivity (Wildman–Crippen MR) is 103 cm³/mol. The van der Waals surface area contributed by atoms with Crippen LogP contribution >= 0.6 is 11.6 Å². The minimum absolute atomic E-state index is 0.0291. The second kappa shape index (κ2) is 8.88. The minimum atomic E-state index is -0.130. The van der Waals surface area contributed by atoms with Gasteiger partial charge in [-0.2, -0.15) is 0 Å². The highest BCUT2D eigenvalue weighted by Gasteiger charge is 2.24. The molecule has 2 aromatic rings. The van der Waals surface area contributed by atoms with Crippen LogP contribution in [0.2, 0.25) is 5.02 Å². The average molecular weight is 372 g/mol. The van der Waals surface area contributed by atoms with E-state index in [1.54, 1.807) is 12.2 Å². The number of morpholine rings is 1. The normalized spacial score (nSPS) is 17.5. The van der Waals surface area contributed by atoms with Gasteiger partial charge >= 0.3 is 0 Å². The summed E-state index contributed by atoms with van der Waals surface area (Å²) < 4.78 is 11.4. The van der Waals surface area contributed by atoms with Crippen molar-refractivity contribution in [1.82, 2.24) is 4.90 Å². The molecule has 1 aliphatic rings. The lowest BCUT2D eigenvalue weighted by molar-refractivity contribution is -0.133. The van der Waals surface area contributed by atoms with Crippen molar-refractivity contribution in [3.63, 3.8) is 0 Å². The Morgan fingerprint density at radius 2 is 2.04 bits per heavy atom. The first-order valence-electron chi connectivity index (χ1n) is 8.73. The molecule has 136 valence electrons. The van der Waals surface area contributed by atoms with Crippen LogP contribution in [-0.2, 0) is 9.53 Å². The maximum Gasteiger partial charge on any atom is 0.246 e. The van der Waals surface area contributed by atoms with Crippen molar-refractivity contribution in [1.29, 1.82) is 0 Å². The molecule has 3 rings (SSSR count). The number of amides is 1. The number of carbonyl (C=O) groups excluding carboxylic acids is 1. The van der Waals surface area contributed by atoms with Crippen molar-refractivity contribution >= 4 is 23.6 Å². The number of rotatable bonds is 5. The Morgan fingerprint density at radius 3 is 2.81 bits per heavy atom. The van der Waals surface area contributed by atoms with Crippen LogP contribution in [0.15, 0.2) is 54.6 Å². The van der Waals surface area contributed by atoms with Gasteiger partial charge in [-0.05, 0) is 36.8 Å². The van der Waals surface area contributed by atoms with Crippen LogP contribution in [0.3, 0.4) is 0 Å². The standard InChI is InChI=1S/C21H22ClNO3/c1-2-25-19-6-4-3-5-16(19)9-12-21(24)23-13-14-26-20(15-23)17-7-10-18(22)11-8-17/h3-12,20H,2,13-15H2,1H3. The van der Waals surface area contributed by atoms with Crippen LogP contribution in [0.5, 0.6) is 5.75 Å². The third-order valence-electron chi connectivity index (χ3n) is 4.24. The Morgan fingerprint density at radius 1 is 1.27 bits per heavy atom. The molecule has 0 saturated carbocycles. The fourth-order valence-corrected chi connectivity index (χ4v) is 3.03. The highest BCUT2D eigenvalue weighted by atomic mass is 35.5. The van der Waals surface area contributed by atoms with Crippen molar-refractivity contribution in [2.45, 2.75) is 13.0 Å². The summed E-state index contributed by atoms with van der Waals surface area (Å²) in [5, 5.41) is 0.688. The molecular formula is C21H22ClNO3. The molecule has 0 spiro atoms. The maximum atomic E-state index is 12.6. The average Bonchev–Trinajstić information content (AvgIpc) is 2.68. The Bertz CT molecular complexity index is 773. The molecule has 1 atom stereocenters. The molecule has 5 heteroatoms. The molecule has 1 aliphatic heterocycles. The number of ether oxygens (including phenoxy) is 2. The molecule has 4 nitrogen and oxygen atoms in total. The van der Waals surface area contributed by atoms with Gasteiger partial charge in [0.1, 0.15) is 11.9 Å². The smallest absolute Gasteiger partial charge is 0.246 e. The Kier molecular flexibility index (Phi) is 6.31. The molecule has 1 heterocycles. The van der Waals surface area contributed by atoms with Gasteiger partial charge in [0.25, 0.3) is 0 Å². The van der Waals surface area contributed by atoms with Crippen LogP contribution in [0, 0.1) is 0 Å². The van der Waals surface area contributed by atoms with Crippen molar-refractivity contribution in [2.24, 2.45) is 0 Å². The molecular weight excluding hydrogens is 350 g/mol. The zero-order valence-corrected chi connectivity index (χ0v) is 15.5. The van der Waals surface area contributed by atoms with Gasteiger partial charge in [0, 0.05) is 23.2 Å². The van der Waals surface area contributed by atoms with Crippen LogP contribution in [0.4, 0.5) is 0 Å². The highest BCUT2D eigenvalue weighted by molar-refractivity contribution is 6.30. The monoisotopic (exact) mass is 371 g/mol. The molecule has 1 amide bonds. The van der Waals surface area contributed by atoms with Crippen molar-refractivity contribution in [3.05, 3.63) is 70.8 Å². The van der Waals surface area contributed by atoms with E-state index in [0.29, 0.717) is 31.3 Å². The molecule has 0 radical (unpaired) electrons. The van der Waals surface area contributed by atoms with E-state index in [0.717, 1.165) is 16.9 Å². The van der Waals surface area contributed by atoms with E-state index >= 15 is 0 Å². The molecule has 1 unspecified atom stereocenters. The summed E-state index contributed by atoms with van der Waals surface area (Å²) in [7, 11) is 0. The van der Waals surface area contributed by atoms with Gasteiger partial charge in [0.2, 0.25) is 5.91 Å². The first-order valence-corrected chi connectivity index (χ1v) is 9.11. The number of halogens is 1. The largest absolute Gasteiger partial charge is 0.493 e. The topological polar surface area (TPSA) is 38.8 Å². The van der Waals surface area contributed by atoms with Crippen molar-refractivity contribution in [2.75, 3.05) is 26.3 Å². The van der Waals surface area contributed by atoms with E-state index in [2.05, 4.69) is 0 Å². The number of benzene rings is 2. The summed E-state index contributed by atoms with van der Waals surface area (Å²) in [6, 6.07) is 15.2. The first kappa shape index (κ1) is 18.5. The van der Waals surface area contributed by atoms with Crippen LogP contribution in [0.25, 0.3) is 6.08 Å². The number of nitrogens with zero attached hydrogens (tertiary/aromatic N) is 1. The fourth-order valence-electron chi connectivity index (χ4n) is 2.90. The molecule has 0 bridgehead atoms. The van der Waals surface area contributed by atoms with Gasteiger partial charge in [-0.1, -0.05) is 41.9 Å². The van der Waals surface area contributed by atoms with Crippen LogP contribution in [-0.4, -0.2) is 37.1 Å². The van der Waals surface area contributed by atoms with E-state index in [1.807, 2.05) is 60.4 Å². The van der Waals surface area contributed by atoms with E-state index < -0.39 is 0 Å². The zero-order valence-electron chi connectivity index (χ0n) is 14.7. The van der Waals surface area contributed by atoms with Gasteiger partial charge in [0.05, 0.1) is 19.8 Å². The summed E-state index contributed by atoms with van der Waals surface area (Å²) in [6.07, 6.45) is 3.27. The molecule has 26 heavy (non-hydrogen) atoms. The second-order valence-corrected chi connectivity index (χ2v) is 6.44. The van der Waals surface area contributed by atoms with Crippen molar-refractivity contribution in [3.8, 4) is 5.75 Å². The summed E-state index contributed by atoms with van der Waals surface area (Å²) in [4.78, 5) is 14.4. The third-order valence-corrected chi connectivity index (χ3v) is 4.50. The van der Waals surface area contributed by atoms with Gasteiger partial charge in [-0.3, -0.25) is 4.79 Å². The summed E-state index contributed by atoms with van der Waals surface area (Å²) in [5.74, 6) is 0.749. The number of para-hydroxylation sites is 1. The lowest BCUT2D eigenvalue weighted by Gasteiger charge is -2.32. The molecule has 0 aliphatic carbocycles. The van der Waals surface area contributed by atoms with E-state index in [4.69, 9.17) is 21.1 Å². The summed E-state index contributed by atoms with van der Waals surface area (Å²) in [6.45, 7) is 4.15. The Labute approximate surface area is 159 Å². The van der Waals surface area contributed by atoms with Crippen molar-refractivity contribution < 1.29 is 14.3 Å². The number of hydrogen-bond acceptors (Lipinski definition) is 3. The number of hydrogen-bond donors (Lipinski definition) is 0. The Hall–Kier alpha value is -2.30. The fraction of sp³-hybridized carbons (Fsp3) is 0.286. The van der Waals surface area contributed by atoms with Gasteiger partial charge < -0.3 is 14.4 Å². The Balaban J connectivity index is 1.67. The first-order chi connectivity index (χ1) is 12.7. The minimum Gasteiger partial charge on any atom is -0.493 e. The molecule has 1 saturated heterocycles. The second-order valence-electron chi connectivity index (χ2n) is 6.00. The quantitative estimate of drug-likeness (QED) is 0.733. The van der Waals surface area contributed by atoms with Gasteiger partial charge in [0.15, 0.2) is 0 Å². The maximum absolute atomic E-state index is 12.6. The van der Waals surface area contributed by atoms with Gasteiger partial charge in [-0.15, -0.1) is 0 Å². The van der Waals surface area contributed by atoms with Gasteiger partial charge in [-0.25, -0.2) is 0 Å². The zero-order chi connectivity index (χ0) is 18.4. The lowest BCUT2D eigenvalue weighted by Crippen LogP contribution is -2.41.